The average molecular weight is 509 g/mol. The molecule has 1 saturated carbocycles. The zero-order chi connectivity index (χ0) is 23.8. The Morgan fingerprint density at radius 2 is 1.89 bits per heavy atom. The van der Waals surface area contributed by atoms with E-state index in [2.05, 4.69) is 22.3 Å². The molecule has 35 heavy (non-hydrogen) atoms. The highest BCUT2D eigenvalue weighted by atomic mass is 32.2. The van der Waals surface area contributed by atoms with E-state index in [0.29, 0.717) is 11.8 Å². The fraction of sp³-hybridized carbons (Fsp3) is 0.556. The molecule has 8 heteroatoms. The number of benzene rings is 1. The third kappa shape index (κ3) is 4.98. The summed E-state index contributed by atoms with van der Waals surface area (Å²) in [5.74, 6) is 2.44. The largest absolute Gasteiger partial charge is 0.375 e. The zero-order valence-electron chi connectivity index (χ0n) is 20.2. The molecule has 0 unspecified atom stereocenters. The van der Waals surface area contributed by atoms with Crippen LogP contribution in [0.5, 0.6) is 0 Å². The van der Waals surface area contributed by atoms with Crippen LogP contribution < -0.4 is 0 Å². The van der Waals surface area contributed by atoms with E-state index in [4.69, 9.17) is 9.72 Å². The first kappa shape index (κ1) is 23.4. The molecule has 1 spiro atoms. The van der Waals surface area contributed by atoms with Gasteiger partial charge in [-0.05, 0) is 74.8 Å². The third-order valence-electron chi connectivity index (χ3n) is 8.11. The second-order valence-corrected chi connectivity index (χ2v) is 12.4. The van der Waals surface area contributed by atoms with Gasteiger partial charge in [0.1, 0.15) is 5.82 Å². The van der Waals surface area contributed by atoms with Crippen molar-refractivity contribution in [3.63, 3.8) is 0 Å². The van der Waals surface area contributed by atoms with Gasteiger partial charge in [-0.25, -0.2) is 15.0 Å². The van der Waals surface area contributed by atoms with E-state index in [1.807, 2.05) is 29.4 Å². The summed E-state index contributed by atoms with van der Waals surface area (Å²) in [4.78, 5) is 30.2. The molecule has 0 bridgehead atoms. The Labute approximate surface area is 214 Å². The Bertz CT molecular complexity index is 1200. The Balaban J connectivity index is 1.06. The minimum absolute atomic E-state index is 0.0679. The first-order chi connectivity index (χ1) is 17.1. The van der Waals surface area contributed by atoms with Crippen LogP contribution in [-0.4, -0.2) is 57.3 Å². The summed E-state index contributed by atoms with van der Waals surface area (Å²) in [5.41, 5.74) is 1.86. The minimum atomic E-state index is 0.0679. The summed E-state index contributed by atoms with van der Waals surface area (Å²) in [7, 11) is 0. The number of ether oxygens (including phenoxy) is 1. The molecule has 6 nitrogen and oxygen atoms in total. The number of fused-ring (bicyclic) bond motifs is 1. The van der Waals surface area contributed by atoms with Crippen molar-refractivity contribution in [2.45, 2.75) is 61.9 Å². The number of nitrogens with zero attached hydrogens (tertiary/aromatic N) is 4. The van der Waals surface area contributed by atoms with Gasteiger partial charge in [0.2, 0.25) is 0 Å². The van der Waals surface area contributed by atoms with Crippen molar-refractivity contribution in [1.82, 2.24) is 19.9 Å². The topological polar surface area (TPSA) is 68.2 Å². The van der Waals surface area contributed by atoms with Crippen molar-refractivity contribution in [1.29, 1.82) is 0 Å². The highest BCUT2D eigenvalue weighted by molar-refractivity contribution is 7.98. The Kier molecular flexibility index (Phi) is 6.54. The van der Waals surface area contributed by atoms with E-state index in [1.165, 1.54) is 24.3 Å². The third-order valence-corrected chi connectivity index (χ3v) is 9.83. The van der Waals surface area contributed by atoms with Gasteiger partial charge < -0.3 is 9.64 Å². The molecular weight excluding hydrogens is 476 g/mol. The Hall–Kier alpha value is -2.03. The van der Waals surface area contributed by atoms with E-state index in [0.717, 1.165) is 78.3 Å². The van der Waals surface area contributed by atoms with Crippen LogP contribution in [0.15, 0.2) is 35.5 Å². The van der Waals surface area contributed by atoms with Gasteiger partial charge in [-0.3, -0.25) is 4.79 Å². The number of carbonyl (C=O) groups excluding carboxylic acids is 1. The number of thioether (sulfide) groups is 1. The van der Waals surface area contributed by atoms with Gasteiger partial charge in [0.25, 0.3) is 5.91 Å². The molecule has 1 aromatic carbocycles. The van der Waals surface area contributed by atoms with Crippen molar-refractivity contribution in [2.75, 3.05) is 26.0 Å². The van der Waals surface area contributed by atoms with E-state index in [1.54, 1.807) is 23.1 Å². The van der Waals surface area contributed by atoms with E-state index in [9.17, 15) is 4.79 Å². The monoisotopic (exact) mass is 508 g/mol. The van der Waals surface area contributed by atoms with Gasteiger partial charge >= 0.3 is 0 Å². The molecule has 3 aromatic rings. The van der Waals surface area contributed by atoms with Crippen molar-refractivity contribution in [3.8, 4) is 0 Å². The maximum atomic E-state index is 13.1. The lowest BCUT2D eigenvalue weighted by Crippen LogP contribution is -2.53. The summed E-state index contributed by atoms with van der Waals surface area (Å²) in [6.07, 6.45) is 14.7. The summed E-state index contributed by atoms with van der Waals surface area (Å²) in [5, 5.41) is 1.19. The van der Waals surface area contributed by atoms with Crippen LogP contribution in [0, 0.1) is 11.8 Å². The molecule has 2 aromatic heterocycles. The highest BCUT2D eigenvalue weighted by Crippen LogP contribution is 2.38. The molecule has 2 atom stereocenters. The van der Waals surface area contributed by atoms with Crippen molar-refractivity contribution >= 4 is 39.2 Å². The molecule has 4 heterocycles. The molecule has 0 radical (unpaired) electrons. The number of hydrogen-bond donors (Lipinski definition) is 0. The lowest BCUT2D eigenvalue weighted by Gasteiger charge is -2.47. The molecule has 1 aliphatic carbocycles. The predicted molar refractivity (Wildman–Crippen MR) is 140 cm³/mol. The first-order valence-electron chi connectivity index (χ1n) is 12.8. The van der Waals surface area contributed by atoms with Gasteiger partial charge in [-0.15, -0.1) is 23.1 Å². The Morgan fingerprint density at radius 1 is 1.14 bits per heavy atom. The summed E-state index contributed by atoms with van der Waals surface area (Å²) in [6, 6.07) is 6.03. The van der Waals surface area contributed by atoms with Gasteiger partial charge in [-0.1, -0.05) is 0 Å². The summed E-state index contributed by atoms with van der Waals surface area (Å²) in [6.45, 7) is 2.46. The number of thiazole rings is 1. The summed E-state index contributed by atoms with van der Waals surface area (Å²) < 4.78 is 6.92. The SMILES string of the molecule is CSc1cnc(C[C@H]2CC[C@H](Cc3nc4ccc(C(=O)N5CCC6(CCO6)CC5)cc4s3)C2)nc1. The fourth-order valence-electron chi connectivity index (χ4n) is 5.89. The summed E-state index contributed by atoms with van der Waals surface area (Å²) >= 11 is 3.43. The molecule has 6 rings (SSSR count). The second kappa shape index (κ2) is 9.79. The van der Waals surface area contributed by atoms with Crippen LogP contribution in [0.4, 0.5) is 0 Å². The van der Waals surface area contributed by atoms with E-state index in [-0.39, 0.29) is 11.5 Å². The highest BCUT2D eigenvalue weighted by Gasteiger charge is 2.42. The quantitative estimate of drug-likeness (QED) is 0.415. The molecule has 1 amide bonds. The molecule has 3 fully saturated rings. The van der Waals surface area contributed by atoms with E-state index >= 15 is 0 Å². The molecule has 2 saturated heterocycles. The van der Waals surface area contributed by atoms with Gasteiger partial charge in [0.05, 0.1) is 27.4 Å². The zero-order valence-corrected chi connectivity index (χ0v) is 21.9. The van der Waals surface area contributed by atoms with Crippen LogP contribution >= 0.6 is 23.1 Å². The second-order valence-electron chi connectivity index (χ2n) is 10.4. The van der Waals surface area contributed by atoms with Crippen molar-refractivity contribution < 1.29 is 9.53 Å². The van der Waals surface area contributed by atoms with Gasteiger partial charge in [-0.2, -0.15) is 0 Å². The van der Waals surface area contributed by atoms with E-state index < -0.39 is 0 Å². The molecule has 2 aliphatic heterocycles. The maximum absolute atomic E-state index is 13.1. The van der Waals surface area contributed by atoms with Gasteiger partial charge in [0, 0.05) is 48.8 Å². The number of piperidine rings is 1. The minimum Gasteiger partial charge on any atom is -0.375 e. The lowest BCUT2D eigenvalue weighted by atomic mass is 9.84. The average Bonchev–Trinajstić information content (AvgIpc) is 3.48. The fourth-order valence-corrected chi connectivity index (χ4v) is 7.32. The molecule has 184 valence electrons. The Morgan fingerprint density at radius 3 is 2.57 bits per heavy atom. The normalized spacial score (nSPS) is 23.6. The molecular formula is C27H32N4O2S2. The van der Waals surface area contributed by atoms with Crippen LogP contribution in [-0.2, 0) is 17.6 Å². The molecule has 0 N–H and O–H groups in total. The predicted octanol–water partition coefficient (Wildman–Crippen LogP) is 5.40. The first-order valence-corrected chi connectivity index (χ1v) is 14.8. The number of aromatic nitrogens is 3. The van der Waals surface area contributed by atoms with Crippen LogP contribution in [0.1, 0.15) is 59.7 Å². The lowest BCUT2D eigenvalue weighted by molar-refractivity contribution is -0.169. The van der Waals surface area contributed by atoms with Gasteiger partial charge in [0.15, 0.2) is 0 Å². The standard InChI is InChI=1S/C27H32N4O2S2/c1-34-21-16-28-24(29-17-21)13-18-2-3-19(12-18)14-25-30-22-5-4-20(15-23(22)35-25)26(32)31-9-6-27(7-10-31)8-11-33-27/h4-5,15-19H,2-3,6-14H2,1H3/t18-,19-/m0/s1. The number of likely N-dealkylation sites (tertiary alicyclic amines) is 1. The number of amides is 1. The van der Waals surface area contributed by atoms with Crippen LogP contribution in [0.2, 0.25) is 0 Å². The smallest absolute Gasteiger partial charge is 0.253 e. The van der Waals surface area contributed by atoms with Crippen molar-refractivity contribution in [3.05, 3.63) is 47.0 Å². The van der Waals surface area contributed by atoms with Crippen molar-refractivity contribution in [2.24, 2.45) is 11.8 Å². The number of hydrogen-bond acceptors (Lipinski definition) is 7. The molecule has 3 aliphatic rings. The maximum Gasteiger partial charge on any atom is 0.253 e. The van der Waals surface area contributed by atoms with Crippen LogP contribution in [0.3, 0.4) is 0 Å². The number of carbonyl (C=O) groups is 1. The van der Waals surface area contributed by atoms with Crippen LogP contribution in [0.25, 0.3) is 10.2 Å². The number of rotatable bonds is 6.